The quantitative estimate of drug-likeness (QED) is 0.870. The Labute approximate surface area is 146 Å². The lowest BCUT2D eigenvalue weighted by molar-refractivity contribution is -0.122. The number of piperidine rings is 1. The van der Waals surface area contributed by atoms with E-state index in [0.717, 1.165) is 25.8 Å². The van der Waals surface area contributed by atoms with Gasteiger partial charge in [0.1, 0.15) is 5.82 Å². The molecule has 1 atom stereocenters. The number of nitrogens with one attached hydrogen (secondary N) is 1. The number of rotatable bonds is 6. The monoisotopic (exact) mass is 346 g/mol. The molecular formula is C18H23FN4O2. The molecule has 1 aromatic carbocycles. The van der Waals surface area contributed by atoms with Gasteiger partial charge >= 0.3 is 0 Å². The zero-order valence-corrected chi connectivity index (χ0v) is 14.4. The maximum absolute atomic E-state index is 13.3. The zero-order valence-electron chi connectivity index (χ0n) is 14.4. The van der Waals surface area contributed by atoms with Crippen LogP contribution in [0.1, 0.15) is 38.0 Å². The maximum Gasteiger partial charge on any atom is 0.234 e. The van der Waals surface area contributed by atoms with E-state index in [1.807, 2.05) is 6.92 Å². The molecule has 0 unspecified atom stereocenters. The number of hydrogen-bond donors (Lipinski definition) is 1. The standard InChI is InChI=1S/C18H23FN4O2/c1-2-8-20-16(24)12-23-9-4-6-14(11-23)18-21-17(22-25-18)13-5-3-7-15(19)10-13/h3,5,7,10,14H,2,4,6,8-9,11-12H2,1H3,(H,20,24)/t14-/m1/s1. The Hall–Kier alpha value is -2.28. The molecule has 1 amide bonds. The average Bonchev–Trinajstić information content (AvgIpc) is 3.10. The summed E-state index contributed by atoms with van der Waals surface area (Å²) in [5.74, 6) is 0.770. The molecule has 1 aliphatic heterocycles. The minimum atomic E-state index is -0.328. The SMILES string of the molecule is CCCNC(=O)CN1CCC[C@@H](c2nc(-c3cccc(F)c3)no2)C1. The van der Waals surface area contributed by atoms with E-state index in [2.05, 4.69) is 20.4 Å². The van der Waals surface area contributed by atoms with Crippen molar-refractivity contribution in [3.63, 3.8) is 0 Å². The van der Waals surface area contributed by atoms with Crippen molar-refractivity contribution < 1.29 is 13.7 Å². The highest BCUT2D eigenvalue weighted by Gasteiger charge is 2.27. The fraction of sp³-hybridized carbons (Fsp3) is 0.500. The van der Waals surface area contributed by atoms with Crippen molar-refractivity contribution in [3.05, 3.63) is 36.0 Å². The van der Waals surface area contributed by atoms with E-state index >= 15 is 0 Å². The van der Waals surface area contributed by atoms with Crippen LogP contribution in [0.3, 0.4) is 0 Å². The fourth-order valence-corrected chi connectivity index (χ4v) is 3.07. The summed E-state index contributed by atoms with van der Waals surface area (Å²) < 4.78 is 18.8. The number of amides is 1. The Morgan fingerprint density at radius 1 is 1.48 bits per heavy atom. The minimum absolute atomic E-state index is 0.0495. The largest absolute Gasteiger partial charge is 0.355 e. The van der Waals surface area contributed by atoms with Crippen LogP contribution in [0.2, 0.25) is 0 Å². The normalized spacial score (nSPS) is 18.2. The number of benzene rings is 1. The van der Waals surface area contributed by atoms with Crippen LogP contribution in [-0.2, 0) is 4.79 Å². The molecule has 0 spiro atoms. The number of hydrogen-bond acceptors (Lipinski definition) is 5. The Balaban J connectivity index is 1.63. The molecule has 1 aliphatic rings. The summed E-state index contributed by atoms with van der Waals surface area (Å²) in [7, 11) is 0. The Morgan fingerprint density at radius 2 is 2.36 bits per heavy atom. The Bertz CT molecular complexity index is 719. The van der Waals surface area contributed by atoms with Gasteiger partial charge in [-0.2, -0.15) is 4.98 Å². The van der Waals surface area contributed by atoms with Crippen molar-refractivity contribution in [3.8, 4) is 11.4 Å². The molecule has 0 saturated carbocycles. The first-order valence-electron chi connectivity index (χ1n) is 8.74. The Kier molecular flexibility index (Phi) is 5.75. The van der Waals surface area contributed by atoms with Gasteiger partial charge in [0.25, 0.3) is 0 Å². The van der Waals surface area contributed by atoms with Crippen molar-refractivity contribution in [2.75, 3.05) is 26.2 Å². The van der Waals surface area contributed by atoms with E-state index in [1.54, 1.807) is 12.1 Å². The van der Waals surface area contributed by atoms with Crippen molar-refractivity contribution in [2.24, 2.45) is 0 Å². The number of carbonyl (C=O) groups excluding carboxylic acids is 1. The maximum atomic E-state index is 13.3. The molecule has 6 nitrogen and oxygen atoms in total. The summed E-state index contributed by atoms with van der Waals surface area (Å²) in [5.41, 5.74) is 0.599. The summed E-state index contributed by atoms with van der Waals surface area (Å²) in [5, 5.41) is 6.88. The van der Waals surface area contributed by atoms with Gasteiger partial charge in [0.15, 0.2) is 0 Å². The van der Waals surface area contributed by atoms with Crippen molar-refractivity contribution in [1.82, 2.24) is 20.4 Å². The minimum Gasteiger partial charge on any atom is -0.355 e. The lowest BCUT2D eigenvalue weighted by Gasteiger charge is -2.30. The average molecular weight is 346 g/mol. The van der Waals surface area contributed by atoms with Gasteiger partial charge in [-0.25, -0.2) is 4.39 Å². The number of aromatic nitrogens is 2. The molecular weight excluding hydrogens is 323 g/mol. The van der Waals surface area contributed by atoms with Crippen LogP contribution in [0.15, 0.2) is 28.8 Å². The third-order valence-electron chi connectivity index (χ3n) is 4.32. The fourth-order valence-electron chi connectivity index (χ4n) is 3.07. The van der Waals surface area contributed by atoms with Gasteiger partial charge in [0.2, 0.25) is 17.6 Å². The second kappa shape index (κ2) is 8.20. The molecule has 7 heteroatoms. The van der Waals surface area contributed by atoms with E-state index in [4.69, 9.17) is 4.52 Å². The summed E-state index contributed by atoms with van der Waals surface area (Å²) in [6.07, 6.45) is 2.85. The molecule has 0 radical (unpaired) electrons. The van der Waals surface area contributed by atoms with Crippen LogP contribution in [0.4, 0.5) is 4.39 Å². The highest BCUT2D eigenvalue weighted by atomic mass is 19.1. The van der Waals surface area contributed by atoms with Gasteiger partial charge in [-0.05, 0) is 37.9 Å². The van der Waals surface area contributed by atoms with Gasteiger partial charge in [-0.3, -0.25) is 9.69 Å². The molecule has 25 heavy (non-hydrogen) atoms. The van der Waals surface area contributed by atoms with Crippen LogP contribution in [0.5, 0.6) is 0 Å². The molecule has 1 fully saturated rings. The third kappa shape index (κ3) is 4.63. The molecule has 0 aliphatic carbocycles. The van der Waals surface area contributed by atoms with Gasteiger partial charge < -0.3 is 9.84 Å². The second-order valence-corrected chi connectivity index (χ2v) is 6.39. The summed E-state index contributed by atoms with van der Waals surface area (Å²) in [4.78, 5) is 18.4. The predicted octanol–water partition coefficient (Wildman–Crippen LogP) is 2.58. The highest BCUT2D eigenvalue weighted by Crippen LogP contribution is 2.27. The van der Waals surface area contributed by atoms with Gasteiger partial charge in [0.05, 0.1) is 12.5 Å². The molecule has 134 valence electrons. The number of likely N-dealkylation sites (tertiary alicyclic amines) is 1. The summed E-state index contributed by atoms with van der Waals surface area (Å²) in [6.45, 7) is 4.73. The first-order valence-corrected chi connectivity index (χ1v) is 8.74. The summed E-state index contributed by atoms with van der Waals surface area (Å²) in [6, 6.07) is 6.15. The van der Waals surface area contributed by atoms with E-state index < -0.39 is 0 Å². The van der Waals surface area contributed by atoms with E-state index in [1.165, 1.54) is 12.1 Å². The van der Waals surface area contributed by atoms with Gasteiger partial charge in [-0.15, -0.1) is 0 Å². The molecule has 2 heterocycles. The van der Waals surface area contributed by atoms with Crippen LogP contribution in [0, 0.1) is 5.82 Å². The predicted molar refractivity (Wildman–Crippen MR) is 91.4 cm³/mol. The van der Waals surface area contributed by atoms with Crippen molar-refractivity contribution >= 4 is 5.91 Å². The van der Waals surface area contributed by atoms with Crippen LogP contribution in [-0.4, -0.2) is 47.1 Å². The molecule has 1 saturated heterocycles. The van der Waals surface area contributed by atoms with E-state index in [9.17, 15) is 9.18 Å². The second-order valence-electron chi connectivity index (χ2n) is 6.39. The zero-order chi connectivity index (χ0) is 17.6. The smallest absolute Gasteiger partial charge is 0.234 e. The molecule has 0 bridgehead atoms. The topological polar surface area (TPSA) is 71.3 Å². The molecule has 1 N–H and O–H groups in total. The third-order valence-corrected chi connectivity index (χ3v) is 4.32. The highest BCUT2D eigenvalue weighted by molar-refractivity contribution is 5.78. The van der Waals surface area contributed by atoms with Gasteiger partial charge in [-0.1, -0.05) is 24.2 Å². The lowest BCUT2D eigenvalue weighted by Crippen LogP contribution is -2.42. The Morgan fingerprint density at radius 3 is 3.16 bits per heavy atom. The first-order chi connectivity index (χ1) is 12.2. The van der Waals surface area contributed by atoms with Crippen LogP contribution >= 0.6 is 0 Å². The lowest BCUT2D eigenvalue weighted by atomic mass is 9.98. The van der Waals surface area contributed by atoms with E-state index in [-0.39, 0.29) is 17.6 Å². The number of halogens is 1. The molecule has 3 rings (SSSR count). The molecule has 2 aromatic rings. The van der Waals surface area contributed by atoms with Crippen LogP contribution < -0.4 is 5.32 Å². The number of nitrogens with zero attached hydrogens (tertiary/aromatic N) is 3. The van der Waals surface area contributed by atoms with E-state index in [0.29, 0.717) is 36.9 Å². The number of carbonyl (C=O) groups is 1. The van der Waals surface area contributed by atoms with Crippen LogP contribution in [0.25, 0.3) is 11.4 Å². The van der Waals surface area contributed by atoms with Crippen molar-refractivity contribution in [2.45, 2.75) is 32.1 Å². The summed E-state index contributed by atoms with van der Waals surface area (Å²) >= 11 is 0. The van der Waals surface area contributed by atoms with Gasteiger partial charge in [0, 0.05) is 18.7 Å². The van der Waals surface area contributed by atoms with Crippen molar-refractivity contribution in [1.29, 1.82) is 0 Å². The molecule has 1 aromatic heterocycles. The first kappa shape index (κ1) is 17.5.